The van der Waals surface area contributed by atoms with E-state index < -0.39 is 0 Å². The summed E-state index contributed by atoms with van der Waals surface area (Å²) in [5.74, 6) is -0.430. The molecule has 1 amide bonds. The average molecular weight is 181 g/mol. The molecule has 0 aromatic heterocycles. The number of hydrogen-bond acceptors (Lipinski definition) is 1. The van der Waals surface area contributed by atoms with Gasteiger partial charge in [-0.15, -0.1) is 0 Å². The van der Waals surface area contributed by atoms with Crippen LogP contribution in [0.5, 0.6) is 0 Å². The molecule has 1 aromatic carbocycles. The predicted octanol–water partition coefficient (Wildman–Crippen LogP) is 1.77. The molecular formula is C10H12FNO. The van der Waals surface area contributed by atoms with Crippen LogP contribution >= 0.6 is 0 Å². The molecular weight excluding hydrogens is 169 g/mol. The molecule has 1 rings (SSSR count). The normalized spacial score (nSPS) is 9.77. The Bertz CT molecular complexity index is 323. The van der Waals surface area contributed by atoms with Crippen molar-refractivity contribution in [2.75, 3.05) is 0 Å². The summed E-state index contributed by atoms with van der Waals surface area (Å²) in [6, 6.07) is 4.84. The van der Waals surface area contributed by atoms with E-state index in [0.29, 0.717) is 5.56 Å². The van der Waals surface area contributed by atoms with E-state index in [1.165, 1.54) is 13.0 Å². The Kier molecular flexibility index (Phi) is 3.01. The third-order valence-corrected chi connectivity index (χ3v) is 1.73. The highest BCUT2D eigenvalue weighted by Crippen LogP contribution is 2.09. The van der Waals surface area contributed by atoms with Crippen LogP contribution in [0.3, 0.4) is 0 Å². The summed E-state index contributed by atoms with van der Waals surface area (Å²) >= 11 is 0. The van der Waals surface area contributed by atoms with Crippen LogP contribution in [0.15, 0.2) is 18.2 Å². The number of hydrogen-bond donors (Lipinski definition) is 1. The van der Waals surface area contributed by atoms with Gasteiger partial charge in [0.05, 0.1) is 0 Å². The zero-order valence-electron chi connectivity index (χ0n) is 7.73. The molecule has 2 nitrogen and oxygen atoms in total. The van der Waals surface area contributed by atoms with Crippen molar-refractivity contribution in [3.63, 3.8) is 0 Å². The van der Waals surface area contributed by atoms with E-state index in [-0.39, 0.29) is 18.3 Å². The Morgan fingerprint density at radius 1 is 1.54 bits per heavy atom. The number of carbonyl (C=O) groups is 1. The van der Waals surface area contributed by atoms with Crippen LogP contribution in [0.1, 0.15) is 18.1 Å². The highest BCUT2D eigenvalue weighted by molar-refractivity contribution is 5.72. The van der Waals surface area contributed by atoms with Crippen molar-refractivity contribution >= 4 is 5.91 Å². The van der Waals surface area contributed by atoms with Crippen molar-refractivity contribution in [3.8, 4) is 0 Å². The van der Waals surface area contributed by atoms with Gasteiger partial charge < -0.3 is 5.32 Å². The topological polar surface area (TPSA) is 29.1 Å². The van der Waals surface area contributed by atoms with Crippen LogP contribution in [0.4, 0.5) is 4.39 Å². The minimum Gasteiger partial charge on any atom is -0.352 e. The molecule has 70 valence electrons. The first-order valence-electron chi connectivity index (χ1n) is 4.09. The standard InChI is InChI=1S/C10H12FNO/c1-7-3-4-10(11)9(5-7)6-12-8(2)13/h3-5H,6H2,1-2H3,(H,12,13). The van der Waals surface area contributed by atoms with Crippen molar-refractivity contribution in [2.24, 2.45) is 0 Å². The van der Waals surface area contributed by atoms with Crippen LogP contribution < -0.4 is 5.32 Å². The van der Waals surface area contributed by atoms with E-state index in [9.17, 15) is 9.18 Å². The van der Waals surface area contributed by atoms with Gasteiger partial charge in [-0.2, -0.15) is 0 Å². The molecule has 0 spiro atoms. The van der Waals surface area contributed by atoms with Gasteiger partial charge in [0.15, 0.2) is 0 Å². The molecule has 0 bridgehead atoms. The van der Waals surface area contributed by atoms with Gasteiger partial charge in [-0.25, -0.2) is 4.39 Å². The van der Waals surface area contributed by atoms with Gasteiger partial charge in [0.1, 0.15) is 5.82 Å². The molecule has 0 atom stereocenters. The molecule has 0 radical (unpaired) electrons. The third-order valence-electron chi connectivity index (χ3n) is 1.73. The highest BCUT2D eigenvalue weighted by Gasteiger charge is 2.01. The Labute approximate surface area is 76.8 Å². The number of nitrogens with one attached hydrogen (secondary N) is 1. The summed E-state index contributed by atoms with van der Waals surface area (Å²) < 4.78 is 13.1. The fraction of sp³-hybridized carbons (Fsp3) is 0.300. The molecule has 0 aliphatic rings. The SMILES string of the molecule is CC(=O)NCc1cc(C)ccc1F. The van der Waals surface area contributed by atoms with Gasteiger partial charge in [-0.3, -0.25) is 4.79 Å². The second-order valence-corrected chi connectivity index (χ2v) is 3.00. The van der Waals surface area contributed by atoms with Crippen LogP contribution in [0, 0.1) is 12.7 Å². The summed E-state index contributed by atoms with van der Waals surface area (Å²) in [7, 11) is 0. The Hall–Kier alpha value is -1.38. The minimum atomic E-state index is -0.278. The average Bonchev–Trinajstić information content (AvgIpc) is 2.06. The number of amides is 1. The van der Waals surface area contributed by atoms with E-state index >= 15 is 0 Å². The fourth-order valence-corrected chi connectivity index (χ4v) is 1.06. The Balaban J connectivity index is 2.75. The lowest BCUT2D eigenvalue weighted by molar-refractivity contribution is -0.119. The van der Waals surface area contributed by atoms with Crippen molar-refractivity contribution in [1.29, 1.82) is 0 Å². The molecule has 0 saturated heterocycles. The summed E-state index contributed by atoms with van der Waals surface area (Å²) in [6.07, 6.45) is 0. The lowest BCUT2D eigenvalue weighted by Gasteiger charge is -2.04. The molecule has 3 heteroatoms. The van der Waals surface area contributed by atoms with Crippen molar-refractivity contribution in [1.82, 2.24) is 5.32 Å². The number of benzene rings is 1. The van der Waals surface area contributed by atoms with Crippen LogP contribution in [-0.2, 0) is 11.3 Å². The largest absolute Gasteiger partial charge is 0.352 e. The molecule has 1 N–H and O–H groups in total. The van der Waals surface area contributed by atoms with Gasteiger partial charge in [0.25, 0.3) is 0 Å². The fourth-order valence-electron chi connectivity index (χ4n) is 1.06. The van der Waals surface area contributed by atoms with E-state index in [1.54, 1.807) is 12.1 Å². The smallest absolute Gasteiger partial charge is 0.217 e. The third kappa shape index (κ3) is 2.86. The Morgan fingerprint density at radius 3 is 2.85 bits per heavy atom. The maximum atomic E-state index is 13.1. The van der Waals surface area contributed by atoms with Crippen LogP contribution in [-0.4, -0.2) is 5.91 Å². The van der Waals surface area contributed by atoms with Gasteiger partial charge in [0.2, 0.25) is 5.91 Å². The molecule has 0 heterocycles. The molecule has 0 unspecified atom stereocenters. The monoisotopic (exact) mass is 181 g/mol. The minimum absolute atomic E-state index is 0.152. The maximum absolute atomic E-state index is 13.1. The number of aryl methyl sites for hydroxylation is 1. The zero-order chi connectivity index (χ0) is 9.84. The predicted molar refractivity (Wildman–Crippen MR) is 48.7 cm³/mol. The van der Waals surface area contributed by atoms with E-state index in [4.69, 9.17) is 0 Å². The summed E-state index contributed by atoms with van der Waals surface area (Å²) in [5.41, 5.74) is 1.51. The molecule has 0 saturated carbocycles. The molecule has 0 fully saturated rings. The molecule has 0 aliphatic carbocycles. The maximum Gasteiger partial charge on any atom is 0.217 e. The first kappa shape index (κ1) is 9.71. The van der Waals surface area contributed by atoms with Crippen molar-refractivity contribution < 1.29 is 9.18 Å². The van der Waals surface area contributed by atoms with Gasteiger partial charge in [-0.05, 0) is 13.0 Å². The second-order valence-electron chi connectivity index (χ2n) is 3.00. The Morgan fingerprint density at radius 2 is 2.23 bits per heavy atom. The summed E-state index contributed by atoms with van der Waals surface area (Å²) in [6.45, 7) is 3.55. The highest BCUT2D eigenvalue weighted by atomic mass is 19.1. The van der Waals surface area contributed by atoms with E-state index in [0.717, 1.165) is 5.56 Å². The second kappa shape index (κ2) is 4.03. The van der Waals surface area contributed by atoms with E-state index in [2.05, 4.69) is 5.32 Å². The van der Waals surface area contributed by atoms with Crippen molar-refractivity contribution in [2.45, 2.75) is 20.4 Å². The lowest BCUT2D eigenvalue weighted by atomic mass is 10.1. The van der Waals surface area contributed by atoms with Crippen LogP contribution in [0.2, 0.25) is 0 Å². The first-order valence-corrected chi connectivity index (χ1v) is 4.09. The number of rotatable bonds is 2. The molecule has 0 aliphatic heterocycles. The van der Waals surface area contributed by atoms with Gasteiger partial charge in [-0.1, -0.05) is 17.7 Å². The summed E-state index contributed by atoms with van der Waals surface area (Å²) in [4.78, 5) is 10.6. The molecule has 13 heavy (non-hydrogen) atoms. The van der Waals surface area contributed by atoms with Gasteiger partial charge >= 0.3 is 0 Å². The quantitative estimate of drug-likeness (QED) is 0.740. The van der Waals surface area contributed by atoms with Crippen molar-refractivity contribution in [3.05, 3.63) is 35.1 Å². The summed E-state index contributed by atoms with van der Waals surface area (Å²) in [5, 5.41) is 2.55. The number of carbonyl (C=O) groups excluding carboxylic acids is 1. The van der Waals surface area contributed by atoms with Crippen LogP contribution in [0.25, 0.3) is 0 Å². The van der Waals surface area contributed by atoms with Gasteiger partial charge in [0, 0.05) is 19.0 Å². The zero-order valence-corrected chi connectivity index (χ0v) is 7.73. The lowest BCUT2D eigenvalue weighted by Crippen LogP contribution is -2.19. The first-order chi connectivity index (χ1) is 6.09. The number of halogens is 1. The van der Waals surface area contributed by atoms with E-state index in [1.807, 2.05) is 6.92 Å². The molecule has 1 aromatic rings.